The highest BCUT2D eigenvalue weighted by Crippen LogP contribution is 2.29. The van der Waals surface area contributed by atoms with Crippen LogP contribution in [0.4, 0.5) is 4.79 Å². The topological polar surface area (TPSA) is 41.6 Å². The highest BCUT2D eigenvalue weighted by molar-refractivity contribution is 5.68. The number of nitrogens with zero attached hydrogens (tertiary/aromatic N) is 1. The molecule has 0 bridgehead atoms. The highest BCUT2D eigenvalue weighted by Gasteiger charge is 2.36. The summed E-state index contributed by atoms with van der Waals surface area (Å²) in [5.74, 6) is 0.280. The summed E-state index contributed by atoms with van der Waals surface area (Å²) in [6, 6.07) is 0.107. The van der Waals surface area contributed by atoms with Crippen molar-refractivity contribution >= 4 is 6.09 Å². The second-order valence-corrected chi connectivity index (χ2v) is 8.10. The van der Waals surface area contributed by atoms with Crippen LogP contribution >= 0.6 is 0 Å². The molecule has 1 amide bonds. The zero-order valence-corrected chi connectivity index (χ0v) is 15.2. The molecule has 2 rings (SSSR count). The molecule has 1 heterocycles. The lowest BCUT2D eigenvalue weighted by Crippen LogP contribution is -2.44. The second-order valence-electron chi connectivity index (χ2n) is 8.10. The lowest BCUT2D eigenvalue weighted by atomic mass is 9.90. The number of hydrogen-bond acceptors (Lipinski definition) is 3. The first-order valence-corrected chi connectivity index (χ1v) is 8.34. The van der Waals surface area contributed by atoms with E-state index in [-0.39, 0.29) is 23.5 Å². The van der Waals surface area contributed by atoms with Crippen molar-refractivity contribution in [1.82, 2.24) is 10.2 Å². The molecule has 0 radical (unpaired) electrons. The fourth-order valence-corrected chi connectivity index (χ4v) is 2.96. The van der Waals surface area contributed by atoms with Crippen molar-refractivity contribution in [2.24, 2.45) is 11.3 Å². The van der Waals surface area contributed by atoms with Crippen LogP contribution in [0.15, 0.2) is 36.0 Å². The fourth-order valence-electron chi connectivity index (χ4n) is 2.96. The number of allylic oxidation sites excluding steroid dienone is 5. The number of likely N-dealkylation sites (N-methyl/N-ethyl adjacent to an activating group) is 1. The molecule has 0 aromatic carbocycles. The monoisotopic (exact) mass is 318 g/mol. The van der Waals surface area contributed by atoms with Crippen LogP contribution < -0.4 is 5.32 Å². The number of carbonyl (C=O) groups is 1. The van der Waals surface area contributed by atoms with E-state index in [1.54, 1.807) is 4.90 Å². The van der Waals surface area contributed by atoms with E-state index in [2.05, 4.69) is 49.5 Å². The molecule has 1 saturated heterocycles. The van der Waals surface area contributed by atoms with Gasteiger partial charge in [-0.05, 0) is 26.3 Å². The van der Waals surface area contributed by atoms with Crippen LogP contribution in [0.1, 0.15) is 34.6 Å². The van der Waals surface area contributed by atoms with E-state index in [0.29, 0.717) is 0 Å². The molecule has 1 aliphatic heterocycles. The van der Waals surface area contributed by atoms with Crippen molar-refractivity contribution in [2.45, 2.75) is 46.3 Å². The Morgan fingerprint density at radius 1 is 1.30 bits per heavy atom. The van der Waals surface area contributed by atoms with E-state index in [4.69, 9.17) is 4.74 Å². The second kappa shape index (κ2) is 6.52. The molecular formula is C19H30N2O2. The summed E-state index contributed by atoms with van der Waals surface area (Å²) >= 11 is 0. The van der Waals surface area contributed by atoms with Gasteiger partial charge in [-0.1, -0.05) is 44.2 Å². The quantitative estimate of drug-likeness (QED) is 0.847. The van der Waals surface area contributed by atoms with Crippen molar-refractivity contribution in [2.75, 3.05) is 20.1 Å². The molecule has 4 heteroatoms. The van der Waals surface area contributed by atoms with Gasteiger partial charge in [0.05, 0.1) is 6.04 Å². The minimum absolute atomic E-state index is 0.0663. The first-order chi connectivity index (χ1) is 10.6. The molecule has 2 aliphatic rings. The van der Waals surface area contributed by atoms with Crippen LogP contribution in [0, 0.1) is 11.3 Å². The molecule has 1 N–H and O–H groups in total. The smallest absolute Gasteiger partial charge is 0.410 e. The Kier molecular flexibility index (Phi) is 5.04. The summed E-state index contributed by atoms with van der Waals surface area (Å²) in [5, 5.41) is 3.41. The Balaban J connectivity index is 2.13. The predicted molar refractivity (Wildman–Crippen MR) is 94.3 cm³/mol. The molecular weight excluding hydrogens is 288 g/mol. The van der Waals surface area contributed by atoms with Crippen LogP contribution in [-0.4, -0.2) is 42.8 Å². The predicted octanol–water partition coefficient (Wildman–Crippen LogP) is 3.52. The van der Waals surface area contributed by atoms with Crippen molar-refractivity contribution < 1.29 is 9.53 Å². The van der Waals surface area contributed by atoms with E-state index in [1.807, 2.05) is 27.8 Å². The molecule has 0 spiro atoms. The van der Waals surface area contributed by atoms with Gasteiger partial charge in [0.1, 0.15) is 5.60 Å². The Labute approximate surface area is 140 Å². The van der Waals surface area contributed by atoms with Crippen LogP contribution in [0.25, 0.3) is 0 Å². The van der Waals surface area contributed by atoms with Gasteiger partial charge in [-0.25, -0.2) is 4.79 Å². The van der Waals surface area contributed by atoms with Crippen molar-refractivity contribution in [3.05, 3.63) is 36.0 Å². The molecule has 0 saturated carbocycles. The minimum atomic E-state index is -0.471. The molecule has 0 aromatic rings. The maximum absolute atomic E-state index is 12.4. The normalized spacial score (nSPS) is 26.6. The number of ether oxygens (including phenoxy) is 1. The average Bonchev–Trinajstić information content (AvgIpc) is 2.81. The van der Waals surface area contributed by atoms with Gasteiger partial charge >= 0.3 is 6.09 Å². The van der Waals surface area contributed by atoms with Crippen LogP contribution in [0.5, 0.6) is 0 Å². The standard InChI is InChI=1S/C19H30N2O2/c1-18(2,3)23-17(22)21(6)16-13-20-12-15(16)14-8-7-10-19(4,5)11-9-14/h7-11,15-16,20H,12-13H2,1-6H3. The van der Waals surface area contributed by atoms with E-state index in [1.165, 1.54) is 5.57 Å². The molecule has 2 unspecified atom stereocenters. The lowest BCUT2D eigenvalue weighted by molar-refractivity contribution is 0.0214. The summed E-state index contributed by atoms with van der Waals surface area (Å²) in [4.78, 5) is 14.1. The van der Waals surface area contributed by atoms with Crippen LogP contribution in [0.3, 0.4) is 0 Å². The Hall–Kier alpha value is -1.55. The van der Waals surface area contributed by atoms with Gasteiger partial charge in [0, 0.05) is 31.5 Å². The summed E-state index contributed by atoms with van der Waals surface area (Å²) in [6.45, 7) is 11.7. The largest absolute Gasteiger partial charge is 0.444 e. The molecule has 1 aliphatic carbocycles. The number of nitrogens with one attached hydrogen (secondary N) is 1. The van der Waals surface area contributed by atoms with E-state index in [9.17, 15) is 4.79 Å². The van der Waals surface area contributed by atoms with Gasteiger partial charge in [0.2, 0.25) is 0 Å². The van der Waals surface area contributed by atoms with E-state index < -0.39 is 5.60 Å². The van der Waals surface area contributed by atoms with Gasteiger partial charge in [-0.15, -0.1) is 0 Å². The Bertz CT molecular complexity index is 538. The first kappa shape index (κ1) is 17.8. The molecule has 2 atom stereocenters. The average molecular weight is 318 g/mol. The first-order valence-electron chi connectivity index (χ1n) is 8.34. The van der Waals surface area contributed by atoms with Crippen LogP contribution in [-0.2, 0) is 4.74 Å². The number of hydrogen-bond donors (Lipinski definition) is 1. The van der Waals surface area contributed by atoms with Crippen molar-refractivity contribution in [3.63, 3.8) is 0 Å². The zero-order chi connectivity index (χ0) is 17.3. The van der Waals surface area contributed by atoms with Crippen molar-refractivity contribution in [1.29, 1.82) is 0 Å². The summed E-state index contributed by atoms with van der Waals surface area (Å²) < 4.78 is 5.51. The number of rotatable bonds is 2. The third-order valence-electron chi connectivity index (χ3n) is 4.31. The molecule has 0 aromatic heterocycles. The highest BCUT2D eigenvalue weighted by atomic mass is 16.6. The summed E-state index contributed by atoms with van der Waals surface area (Å²) in [5.41, 5.74) is 0.857. The van der Waals surface area contributed by atoms with Crippen LogP contribution in [0.2, 0.25) is 0 Å². The van der Waals surface area contributed by atoms with Gasteiger partial charge in [0.15, 0.2) is 0 Å². The molecule has 128 valence electrons. The third kappa shape index (κ3) is 4.71. The molecule has 1 fully saturated rings. The Morgan fingerprint density at radius 3 is 2.65 bits per heavy atom. The summed E-state index contributed by atoms with van der Waals surface area (Å²) in [6.07, 6.45) is 10.7. The van der Waals surface area contributed by atoms with Gasteiger partial charge < -0.3 is 15.0 Å². The number of amides is 1. The minimum Gasteiger partial charge on any atom is -0.444 e. The SMILES string of the molecule is CN(C(=O)OC(C)(C)C)C1CNCC1C1=CC=CC(C)(C)C=C1. The fraction of sp³-hybridized carbons (Fsp3) is 0.632. The molecule has 4 nitrogen and oxygen atoms in total. The number of carbonyl (C=O) groups excluding carboxylic acids is 1. The van der Waals surface area contributed by atoms with E-state index >= 15 is 0 Å². The third-order valence-corrected chi connectivity index (χ3v) is 4.31. The van der Waals surface area contributed by atoms with Gasteiger partial charge in [0.25, 0.3) is 0 Å². The van der Waals surface area contributed by atoms with Crippen molar-refractivity contribution in [3.8, 4) is 0 Å². The Morgan fingerprint density at radius 2 is 2.00 bits per heavy atom. The summed E-state index contributed by atoms with van der Waals surface area (Å²) in [7, 11) is 1.83. The maximum Gasteiger partial charge on any atom is 0.410 e. The van der Waals surface area contributed by atoms with E-state index in [0.717, 1.165) is 13.1 Å². The zero-order valence-electron chi connectivity index (χ0n) is 15.2. The lowest BCUT2D eigenvalue weighted by Gasteiger charge is -2.31. The van der Waals surface area contributed by atoms with Gasteiger partial charge in [-0.3, -0.25) is 0 Å². The molecule has 23 heavy (non-hydrogen) atoms. The maximum atomic E-state index is 12.4. The van der Waals surface area contributed by atoms with Gasteiger partial charge in [-0.2, -0.15) is 0 Å².